The molecule has 0 saturated carbocycles. The first-order valence-electron chi connectivity index (χ1n) is 11.4. The minimum atomic E-state index is -0.0580. The second-order valence-corrected chi connectivity index (χ2v) is 8.97. The molecule has 1 N–H and O–H groups in total. The van der Waals surface area contributed by atoms with Crippen molar-refractivity contribution in [3.8, 4) is 28.6 Å². The van der Waals surface area contributed by atoms with Crippen LogP contribution in [0.25, 0.3) is 17.1 Å². The summed E-state index contributed by atoms with van der Waals surface area (Å²) in [7, 11) is 0. The van der Waals surface area contributed by atoms with Gasteiger partial charge in [0.2, 0.25) is 5.91 Å². The number of benzene rings is 2. The second-order valence-electron chi connectivity index (χ2n) is 8.03. The lowest BCUT2D eigenvalue weighted by Crippen LogP contribution is -2.27. The zero-order valence-electron chi connectivity index (χ0n) is 19.3. The molecule has 0 atom stereocenters. The van der Waals surface area contributed by atoms with Crippen molar-refractivity contribution in [3.63, 3.8) is 0 Å². The fourth-order valence-electron chi connectivity index (χ4n) is 3.85. The summed E-state index contributed by atoms with van der Waals surface area (Å²) < 4.78 is 13.2. The molecule has 4 aromatic rings. The summed E-state index contributed by atoms with van der Waals surface area (Å²) in [6.45, 7) is 3.71. The van der Waals surface area contributed by atoms with Gasteiger partial charge in [-0.05, 0) is 54.8 Å². The smallest absolute Gasteiger partial charge is 0.230 e. The normalized spacial score (nSPS) is 12.4. The Labute approximate surface area is 207 Å². The first-order valence-corrected chi connectivity index (χ1v) is 12.4. The zero-order valence-corrected chi connectivity index (χ0v) is 20.1. The summed E-state index contributed by atoms with van der Waals surface area (Å²) in [6, 6.07) is 17.7. The Morgan fingerprint density at radius 2 is 1.83 bits per heavy atom. The van der Waals surface area contributed by atoms with Crippen LogP contribution in [-0.4, -0.2) is 51.2 Å². The number of carbonyl (C=O) groups is 1. The molecule has 0 fully saturated rings. The number of nitrogens with one attached hydrogen (secondary N) is 1. The SMILES string of the molecule is Cc1ccccc1-n1c(SCC(=O)NCCc2ccc3c(c2)OCCO3)nnc1-c1ccncc1. The molecule has 1 amide bonds. The summed E-state index contributed by atoms with van der Waals surface area (Å²) >= 11 is 1.36. The van der Waals surface area contributed by atoms with E-state index in [9.17, 15) is 4.79 Å². The number of pyridine rings is 1. The van der Waals surface area contributed by atoms with Crippen LogP contribution in [-0.2, 0) is 11.2 Å². The highest BCUT2D eigenvalue weighted by atomic mass is 32.2. The highest BCUT2D eigenvalue weighted by Gasteiger charge is 2.18. The first-order chi connectivity index (χ1) is 17.2. The summed E-state index contributed by atoms with van der Waals surface area (Å²) in [5.41, 5.74) is 4.06. The number of nitrogens with zero attached hydrogens (tertiary/aromatic N) is 4. The number of aryl methyl sites for hydroxylation is 1. The van der Waals surface area contributed by atoms with Crippen molar-refractivity contribution in [2.75, 3.05) is 25.5 Å². The molecule has 5 rings (SSSR count). The van der Waals surface area contributed by atoms with E-state index >= 15 is 0 Å². The van der Waals surface area contributed by atoms with Gasteiger partial charge < -0.3 is 14.8 Å². The third-order valence-electron chi connectivity index (χ3n) is 5.60. The van der Waals surface area contributed by atoms with Crippen LogP contribution in [0.3, 0.4) is 0 Å². The lowest BCUT2D eigenvalue weighted by Gasteiger charge is -2.18. The number of para-hydroxylation sites is 1. The molecule has 35 heavy (non-hydrogen) atoms. The van der Waals surface area contributed by atoms with Crippen LogP contribution in [0.2, 0.25) is 0 Å². The number of hydrogen-bond acceptors (Lipinski definition) is 7. The van der Waals surface area contributed by atoms with Crippen molar-refractivity contribution in [2.24, 2.45) is 0 Å². The number of ether oxygens (including phenoxy) is 2. The van der Waals surface area contributed by atoms with Gasteiger partial charge >= 0.3 is 0 Å². The highest BCUT2D eigenvalue weighted by Crippen LogP contribution is 2.31. The number of thioether (sulfide) groups is 1. The molecule has 0 saturated heterocycles. The van der Waals surface area contributed by atoms with E-state index in [0.29, 0.717) is 37.2 Å². The molecule has 0 radical (unpaired) electrons. The average Bonchev–Trinajstić information content (AvgIpc) is 3.32. The van der Waals surface area contributed by atoms with Gasteiger partial charge in [0.15, 0.2) is 22.5 Å². The van der Waals surface area contributed by atoms with E-state index in [2.05, 4.69) is 20.5 Å². The molecule has 0 aliphatic carbocycles. The molecule has 1 aliphatic rings. The summed E-state index contributed by atoms with van der Waals surface area (Å²) in [5.74, 6) is 2.42. The van der Waals surface area contributed by atoms with E-state index in [4.69, 9.17) is 9.47 Å². The average molecular weight is 488 g/mol. The van der Waals surface area contributed by atoms with Crippen LogP contribution in [0.4, 0.5) is 0 Å². The molecule has 8 nitrogen and oxygen atoms in total. The van der Waals surface area contributed by atoms with Gasteiger partial charge in [0.05, 0.1) is 11.4 Å². The van der Waals surface area contributed by atoms with E-state index in [-0.39, 0.29) is 11.7 Å². The van der Waals surface area contributed by atoms with Gasteiger partial charge in [-0.1, -0.05) is 36.0 Å². The Bertz CT molecular complexity index is 1330. The molecule has 2 aromatic carbocycles. The van der Waals surface area contributed by atoms with Crippen LogP contribution in [0.15, 0.2) is 72.1 Å². The number of rotatable bonds is 8. The van der Waals surface area contributed by atoms with Crippen molar-refractivity contribution in [1.82, 2.24) is 25.1 Å². The third-order valence-corrected chi connectivity index (χ3v) is 6.53. The van der Waals surface area contributed by atoms with Gasteiger partial charge in [-0.3, -0.25) is 14.3 Å². The van der Waals surface area contributed by atoms with Crippen molar-refractivity contribution < 1.29 is 14.3 Å². The quantitative estimate of drug-likeness (QED) is 0.378. The molecule has 0 spiro atoms. The van der Waals surface area contributed by atoms with Crippen molar-refractivity contribution in [2.45, 2.75) is 18.5 Å². The minimum Gasteiger partial charge on any atom is -0.486 e. The zero-order chi connectivity index (χ0) is 24.0. The maximum atomic E-state index is 12.6. The largest absolute Gasteiger partial charge is 0.486 e. The number of aromatic nitrogens is 4. The van der Waals surface area contributed by atoms with Gasteiger partial charge in [0.1, 0.15) is 13.2 Å². The lowest BCUT2D eigenvalue weighted by molar-refractivity contribution is -0.118. The Morgan fingerprint density at radius 1 is 1.03 bits per heavy atom. The molecule has 0 unspecified atom stereocenters. The fraction of sp³-hybridized carbons (Fsp3) is 0.231. The lowest BCUT2D eigenvalue weighted by atomic mass is 10.1. The predicted molar refractivity (Wildman–Crippen MR) is 134 cm³/mol. The van der Waals surface area contributed by atoms with Crippen molar-refractivity contribution >= 4 is 17.7 Å². The van der Waals surface area contributed by atoms with E-state index in [1.807, 2.05) is 66.1 Å². The standard InChI is InChI=1S/C26H25N5O3S/c1-18-4-2-3-5-21(18)31-25(20-9-11-27-12-10-20)29-30-26(31)35-17-24(32)28-13-8-19-6-7-22-23(16-19)34-15-14-33-22/h2-7,9-12,16H,8,13-15,17H2,1H3,(H,28,32). The Hall–Kier alpha value is -3.85. The van der Waals surface area contributed by atoms with Gasteiger partial charge in [0, 0.05) is 24.5 Å². The molecule has 3 heterocycles. The molecule has 0 bridgehead atoms. The van der Waals surface area contributed by atoms with E-state index in [1.165, 1.54) is 11.8 Å². The summed E-state index contributed by atoms with van der Waals surface area (Å²) in [5, 5.41) is 12.5. The van der Waals surface area contributed by atoms with E-state index in [0.717, 1.165) is 33.9 Å². The molecule has 1 aliphatic heterocycles. The fourth-order valence-corrected chi connectivity index (χ4v) is 4.63. The van der Waals surface area contributed by atoms with Crippen LogP contribution in [0.1, 0.15) is 11.1 Å². The van der Waals surface area contributed by atoms with Crippen LogP contribution in [0, 0.1) is 6.92 Å². The number of fused-ring (bicyclic) bond motifs is 1. The molecule has 2 aromatic heterocycles. The maximum Gasteiger partial charge on any atom is 0.230 e. The van der Waals surface area contributed by atoms with Gasteiger partial charge in [-0.2, -0.15) is 0 Å². The number of carbonyl (C=O) groups excluding carboxylic acids is 1. The first kappa shape index (κ1) is 22.9. The van der Waals surface area contributed by atoms with Gasteiger partial charge in [-0.25, -0.2) is 0 Å². The Kier molecular flexibility index (Phi) is 6.94. The Morgan fingerprint density at radius 3 is 2.66 bits per heavy atom. The monoisotopic (exact) mass is 487 g/mol. The van der Waals surface area contributed by atoms with E-state index in [1.54, 1.807) is 12.4 Å². The molecule has 178 valence electrons. The minimum absolute atomic E-state index is 0.0580. The highest BCUT2D eigenvalue weighted by molar-refractivity contribution is 7.99. The van der Waals surface area contributed by atoms with E-state index < -0.39 is 0 Å². The topological polar surface area (TPSA) is 91.2 Å². The molecule has 9 heteroatoms. The van der Waals surface area contributed by atoms with Crippen molar-refractivity contribution in [1.29, 1.82) is 0 Å². The van der Waals surface area contributed by atoms with Crippen LogP contribution < -0.4 is 14.8 Å². The molecular weight excluding hydrogens is 462 g/mol. The van der Waals surface area contributed by atoms with Gasteiger partial charge in [0.25, 0.3) is 0 Å². The predicted octanol–water partition coefficient (Wildman–Crippen LogP) is 3.86. The van der Waals surface area contributed by atoms with Crippen molar-refractivity contribution in [3.05, 3.63) is 78.1 Å². The van der Waals surface area contributed by atoms with Crippen LogP contribution >= 0.6 is 11.8 Å². The molecular formula is C26H25N5O3S. The summed E-state index contributed by atoms with van der Waals surface area (Å²) in [6.07, 6.45) is 4.17. The van der Waals surface area contributed by atoms with Crippen LogP contribution in [0.5, 0.6) is 11.5 Å². The second kappa shape index (κ2) is 10.6. The number of hydrogen-bond donors (Lipinski definition) is 1. The summed E-state index contributed by atoms with van der Waals surface area (Å²) in [4.78, 5) is 16.7. The van der Waals surface area contributed by atoms with Gasteiger partial charge in [-0.15, -0.1) is 10.2 Å². The Balaban J connectivity index is 1.24. The third kappa shape index (κ3) is 5.30. The maximum absolute atomic E-state index is 12.6. The number of amides is 1.